The summed E-state index contributed by atoms with van der Waals surface area (Å²) in [5.41, 5.74) is 0. The number of hydrogen-bond acceptors (Lipinski definition) is 1. The Hall–Kier alpha value is -1.11. The zero-order valence-electron chi connectivity index (χ0n) is 8.94. The summed E-state index contributed by atoms with van der Waals surface area (Å²) in [5.74, 6) is 0.955. The summed E-state index contributed by atoms with van der Waals surface area (Å²) in [6.45, 7) is 3.95. The maximum absolute atomic E-state index is 11.4. The number of carbonyl (C=O) groups excluding carboxylic acids is 1. The van der Waals surface area contributed by atoms with Gasteiger partial charge in [0.05, 0.1) is 0 Å². The van der Waals surface area contributed by atoms with E-state index in [1.54, 1.807) is 0 Å². The van der Waals surface area contributed by atoms with Gasteiger partial charge < -0.3 is 0 Å². The number of ketones is 1. The van der Waals surface area contributed by atoms with E-state index < -0.39 is 0 Å². The average molecular weight is 190 g/mol. The molecule has 0 saturated carbocycles. The van der Waals surface area contributed by atoms with Gasteiger partial charge >= 0.3 is 0 Å². The summed E-state index contributed by atoms with van der Waals surface area (Å²) in [4.78, 5) is 11.4. The normalized spacial score (nSPS) is 18.1. The highest BCUT2D eigenvalue weighted by molar-refractivity contribution is 5.80. The smallest absolute Gasteiger partial charge is 0.135 e. The summed E-state index contributed by atoms with van der Waals surface area (Å²) >= 11 is 0. The molecule has 76 valence electrons. The van der Waals surface area contributed by atoms with Gasteiger partial charge in [0.25, 0.3) is 0 Å². The molecule has 1 aliphatic rings. The standard InChI is InChI=1S/C13H18O/c1-3-13(14)11(2)10-12-8-6-4-5-7-9-12/h4-9,11-12H,3,10H2,1-2H3. The van der Waals surface area contributed by atoms with Crippen molar-refractivity contribution in [2.24, 2.45) is 11.8 Å². The van der Waals surface area contributed by atoms with Gasteiger partial charge in [0, 0.05) is 12.3 Å². The van der Waals surface area contributed by atoms with Crippen molar-refractivity contribution in [1.82, 2.24) is 0 Å². The van der Waals surface area contributed by atoms with Crippen LogP contribution in [0.25, 0.3) is 0 Å². The summed E-state index contributed by atoms with van der Waals surface area (Å²) < 4.78 is 0. The minimum atomic E-state index is 0.178. The SMILES string of the molecule is CCC(=O)C(C)CC1C=CC=CC=C1. The van der Waals surface area contributed by atoms with Crippen molar-refractivity contribution >= 4 is 5.78 Å². The van der Waals surface area contributed by atoms with Crippen LogP contribution in [0, 0.1) is 11.8 Å². The molecule has 1 atom stereocenters. The van der Waals surface area contributed by atoms with Gasteiger partial charge in [0.1, 0.15) is 5.78 Å². The first-order valence-electron chi connectivity index (χ1n) is 5.28. The zero-order valence-corrected chi connectivity index (χ0v) is 8.94. The Morgan fingerprint density at radius 3 is 2.29 bits per heavy atom. The van der Waals surface area contributed by atoms with Gasteiger partial charge in [-0.25, -0.2) is 0 Å². The predicted molar refractivity (Wildman–Crippen MR) is 60.0 cm³/mol. The van der Waals surface area contributed by atoms with Gasteiger partial charge in [-0.2, -0.15) is 0 Å². The fourth-order valence-electron chi connectivity index (χ4n) is 1.65. The Labute approximate surface area is 86.2 Å². The van der Waals surface area contributed by atoms with E-state index in [4.69, 9.17) is 0 Å². The number of Topliss-reactive ketones (excluding diaryl/α,β-unsaturated/α-hetero) is 1. The van der Waals surface area contributed by atoms with Crippen molar-refractivity contribution in [3.63, 3.8) is 0 Å². The lowest BCUT2D eigenvalue weighted by Crippen LogP contribution is -2.12. The molecule has 0 saturated heterocycles. The predicted octanol–water partition coefficient (Wildman–Crippen LogP) is 3.29. The Balaban J connectivity index is 2.48. The van der Waals surface area contributed by atoms with Crippen LogP contribution in [0.2, 0.25) is 0 Å². The Kier molecular flexibility index (Phi) is 4.37. The van der Waals surface area contributed by atoms with Gasteiger partial charge in [0.2, 0.25) is 0 Å². The van der Waals surface area contributed by atoms with Crippen molar-refractivity contribution in [1.29, 1.82) is 0 Å². The van der Waals surface area contributed by atoms with Crippen LogP contribution in [-0.4, -0.2) is 5.78 Å². The summed E-state index contributed by atoms with van der Waals surface area (Å²) in [6.07, 6.45) is 14.0. The summed E-state index contributed by atoms with van der Waals surface area (Å²) in [7, 11) is 0. The van der Waals surface area contributed by atoms with Crippen molar-refractivity contribution in [3.8, 4) is 0 Å². The fraction of sp³-hybridized carbons (Fsp3) is 0.462. The molecule has 1 rings (SSSR count). The maximum Gasteiger partial charge on any atom is 0.135 e. The quantitative estimate of drug-likeness (QED) is 0.664. The van der Waals surface area contributed by atoms with E-state index in [-0.39, 0.29) is 5.92 Å². The van der Waals surface area contributed by atoms with E-state index >= 15 is 0 Å². The molecule has 1 nitrogen and oxygen atoms in total. The molecule has 0 aliphatic heterocycles. The Morgan fingerprint density at radius 1 is 1.21 bits per heavy atom. The lowest BCUT2D eigenvalue weighted by Gasteiger charge is -2.12. The van der Waals surface area contributed by atoms with Crippen molar-refractivity contribution < 1.29 is 4.79 Å². The fourth-order valence-corrected chi connectivity index (χ4v) is 1.65. The van der Waals surface area contributed by atoms with Crippen LogP contribution < -0.4 is 0 Å². The lowest BCUT2D eigenvalue weighted by molar-refractivity contribution is -0.122. The molecule has 0 heterocycles. The molecule has 0 aromatic rings. The van der Waals surface area contributed by atoms with E-state index in [9.17, 15) is 4.79 Å². The molecule has 1 unspecified atom stereocenters. The van der Waals surface area contributed by atoms with Crippen LogP contribution in [0.3, 0.4) is 0 Å². The van der Waals surface area contributed by atoms with Crippen LogP contribution >= 0.6 is 0 Å². The highest BCUT2D eigenvalue weighted by Gasteiger charge is 2.14. The second-order valence-electron chi connectivity index (χ2n) is 3.78. The number of carbonyl (C=O) groups is 1. The molecular formula is C13H18O. The highest BCUT2D eigenvalue weighted by atomic mass is 16.1. The van der Waals surface area contributed by atoms with Crippen LogP contribution in [0.1, 0.15) is 26.7 Å². The van der Waals surface area contributed by atoms with Crippen LogP contribution in [0.4, 0.5) is 0 Å². The molecule has 14 heavy (non-hydrogen) atoms. The molecule has 0 spiro atoms. The molecule has 0 aromatic heterocycles. The Morgan fingerprint density at radius 2 is 1.79 bits per heavy atom. The second-order valence-corrected chi connectivity index (χ2v) is 3.78. The maximum atomic E-state index is 11.4. The molecule has 0 fully saturated rings. The molecule has 0 aromatic carbocycles. The van der Waals surface area contributed by atoms with E-state index in [1.165, 1.54) is 0 Å². The third-order valence-electron chi connectivity index (χ3n) is 2.57. The van der Waals surface area contributed by atoms with Gasteiger partial charge in [-0.15, -0.1) is 0 Å². The first-order valence-corrected chi connectivity index (χ1v) is 5.28. The number of allylic oxidation sites excluding steroid dienone is 6. The van der Waals surface area contributed by atoms with Crippen molar-refractivity contribution in [2.45, 2.75) is 26.7 Å². The third kappa shape index (κ3) is 3.33. The third-order valence-corrected chi connectivity index (χ3v) is 2.57. The first-order chi connectivity index (χ1) is 6.74. The molecular weight excluding hydrogens is 172 g/mol. The first kappa shape index (κ1) is 11.0. The van der Waals surface area contributed by atoms with Gasteiger partial charge in [-0.1, -0.05) is 50.3 Å². The monoisotopic (exact) mass is 190 g/mol. The van der Waals surface area contributed by atoms with E-state index in [0.29, 0.717) is 18.1 Å². The minimum Gasteiger partial charge on any atom is -0.299 e. The molecule has 0 radical (unpaired) electrons. The Bertz CT molecular complexity index is 255. The van der Waals surface area contributed by atoms with Gasteiger partial charge in [-0.3, -0.25) is 4.79 Å². The highest BCUT2D eigenvalue weighted by Crippen LogP contribution is 2.18. The topological polar surface area (TPSA) is 17.1 Å². The molecule has 0 N–H and O–H groups in total. The summed E-state index contributed by atoms with van der Waals surface area (Å²) in [5, 5.41) is 0. The molecule has 1 heteroatoms. The zero-order chi connectivity index (χ0) is 10.4. The van der Waals surface area contributed by atoms with Gasteiger partial charge in [0.15, 0.2) is 0 Å². The number of rotatable bonds is 4. The van der Waals surface area contributed by atoms with E-state index in [0.717, 1.165) is 6.42 Å². The average Bonchev–Trinajstić information content (AvgIpc) is 2.45. The largest absolute Gasteiger partial charge is 0.299 e. The molecule has 1 aliphatic carbocycles. The van der Waals surface area contributed by atoms with Crippen LogP contribution in [0.15, 0.2) is 36.5 Å². The molecule has 0 bridgehead atoms. The second kappa shape index (κ2) is 5.58. The van der Waals surface area contributed by atoms with Crippen molar-refractivity contribution in [3.05, 3.63) is 36.5 Å². The van der Waals surface area contributed by atoms with E-state index in [1.807, 2.05) is 38.2 Å². The lowest BCUT2D eigenvalue weighted by atomic mass is 9.91. The van der Waals surface area contributed by atoms with E-state index in [2.05, 4.69) is 12.2 Å². The minimum absolute atomic E-state index is 0.178. The van der Waals surface area contributed by atoms with Crippen molar-refractivity contribution in [2.75, 3.05) is 0 Å². The van der Waals surface area contributed by atoms with Crippen LogP contribution in [-0.2, 0) is 4.79 Å². The van der Waals surface area contributed by atoms with Crippen LogP contribution in [0.5, 0.6) is 0 Å². The molecule has 0 amide bonds. The van der Waals surface area contributed by atoms with Gasteiger partial charge in [-0.05, 0) is 12.3 Å². The number of hydrogen-bond donors (Lipinski definition) is 0. The summed E-state index contributed by atoms with van der Waals surface area (Å²) in [6, 6.07) is 0.